The van der Waals surface area contributed by atoms with E-state index in [1.807, 2.05) is 146 Å². The number of aliphatic hydroxyl groups excluding tert-OH is 2. The van der Waals surface area contributed by atoms with Crippen LogP contribution in [0.3, 0.4) is 0 Å². The lowest BCUT2D eigenvalue weighted by Crippen LogP contribution is -2.16. The van der Waals surface area contributed by atoms with Crippen molar-refractivity contribution in [3.63, 3.8) is 0 Å². The quantitative estimate of drug-likeness (QED) is 0.0539. The molecule has 0 saturated heterocycles. The van der Waals surface area contributed by atoms with Crippen LogP contribution in [0, 0.1) is 0 Å². The molecule has 4 aromatic carbocycles. The van der Waals surface area contributed by atoms with Gasteiger partial charge in [-0.2, -0.15) is 0 Å². The van der Waals surface area contributed by atoms with Crippen LogP contribution in [0.1, 0.15) is 68.3 Å². The van der Waals surface area contributed by atoms with E-state index in [2.05, 4.69) is 44.9 Å². The van der Waals surface area contributed by atoms with Gasteiger partial charge in [0.05, 0.1) is 12.1 Å². The molecule has 0 bridgehead atoms. The fraction of sp³-hybridized carbons (Fsp3) is 0.173. The van der Waals surface area contributed by atoms with Crippen LogP contribution < -0.4 is 18.9 Å². The van der Waals surface area contributed by atoms with E-state index in [0.717, 1.165) is 28.0 Å². The Kier molecular flexibility index (Phi) is 20.8. The molecule has 68 heavy (non-hydrogen) atoms. The Labute approximate surface area is 393 Å². The highest BCUT2D eigenvalue weighted by molar-refractivity contribution is 5.70. The first-order valence-corrected chi connectivity index (χ1v) is 21.1. The molecule has 0 aliphatic heterocycles. The van der Waals surface area contributed by atoms with E-state index in [0.29, 0.717) is 67.8 Å². The van der Waals surface area contributed by atoms with Crippen molar-refractivity contribution in [2.75, 3.05) is 14.1 Å². The second kappa shape index (κ2) is 27.9. The van der Waals surface area contributed by atoms with Crippen molar-refractivity contribution in [2.45, 2.75) is 44.7 Å². The third-order valence-corrected chi connectivity index (χ3v) is 9.16. The van der Waals surface area contributed by atoms with Crippen LogP contribution in [0.4, 0.5) is 0 Å². The number of aromatic nitrogens is 4. The Balaban J connectivity index is 0.000000170. The minimum absolute atomic E-state index is 0.00146. The van der Waals surface area contributed by atoms with Crippen molar-refractivity contribution in [1.29, 1.82) is 0 Å². The number of carbonyl (C=O) groups is 1. The fourth-order valence-electron chi connectivity index (χ4n) is 5.57. The number of aldehydes is 1. The third-order valence-electron chi connectivity index (χ3n) is 9.16. The van der Waals surface area contributed by atoms with E-state index in [1.54, 1.807) is 18.2 Å². The van der Waals surface area contributed by atoms with Gasteiger partial charge in [0, 0.05) is 18.2 Å². The number of ether oxygens (including phenoxy) is 4. The number of likely N-dealkylation sites (N-methyl/N-ethyl adjacent to an activating group) is 1. The van der Waals surface area contributed by atoms with Gasteiger partial charge in [0.1, 0.15) is 38.6 Å². The summed E-state index contributed by atoms with van der Waals surface area (Å²) in [6.45, 7) is 12.4. The van der Waals surface area contributed by atoms with Crippen LogP contribution >= 0.6 is 0 Å². The molecule has 0 spiro atoms. The Morgan fingerprint density at radius 2 is 0.794 bits per heavy atom. The zero-order valence-corrected chi connectivity index (χ0v) is 37.7. The maximum absolute atomic E-state index is 10.3. The topological polar surface area (TPSA) is 202 Å². The molecule has 8 rings (SSSR count). The number of hydrogen-bond acceptors (Lipinski definition) is 16. The predicted octanol–water partition coefficient (Wildman–Crippen LogP) is 10.1. The maximum Gasteiger partial charge on any atom is 0.255 e. The average Bonchev–Trinajstić information content (AvgIpc) is 4.25. The summed E-state index contributed by atoms with van der Waals surface area (Å²) in [6, 6.07) is 45.5. The van der Waals surface area contributed by atoms with Gasteiger partial charge in [-0.1, -0.05) is 140 Å². The molecule has 0 aliphatic carbocycles. The Morgan fingerprint density at radius 1 is 0.485 bits per heavy atom. The largest absolute Gasteiger partial charge is 0.471 e. The van der Waals surface area contributed by atoms with E-state index in [9.17, 15) is 15.0 Å². The van der Waals surface area contributed by atoms with Crippen molar-refractivity contribution in [2.24, 2.45) is 0 Å². The lowest BCUT2D eigenvalue weighted by molar-refractivity contribution is 0.109. The number of carbonyl (C=O) groups excluding carboxylic acids is 1. The lowest BCUT2D eigenvalue weighted by atomic mass is 10.2. The molecule has 8 aromatic rings. The summed E-state index contributed by atoms with van der Waals surface area (Å²) in [5, 5.41) is 33.7. The molecule has 0 saturated carbocycles. The minimum atomic E-state index is -0.850. The zero-order valence-electron chi connectivity index (χ0n) is 37.7. The Bertz CT molecular complexity index is 2560. The van der Waals surface area contributed by atoms with E-state index in [4.69, 9.17) is 32.5 Å². The van der Waals surface area contributed by atoms with E-state index < -0.39 is 12.2 Å². The molecule has 4 aromatic heterocycles. The summed E-state index contributed by atoms with van der Waals surface area (Å²) in [5.41, 5.74) is 4.22. The lowest BCUT2D eigenvalue weighted by Gasteiger charge is -2.16. The van der Waals surface area contributed by atoms with Crippen LogP contribution in [-0.2, 0) is 26.4 Å². The van der Waals surface area contributed by atoms with E-state index in [1.165, 1.54) is 18.2 Å². The Morgan fingerprint density at radius 3 is 1.09 bits per heavy atom. The minimum Gasteiger partial charge on any atom is -0.471 e. The highest BCUT2D eigenvalue weighted by atomic mass is 16.6. The molecule has 4 heterocycles. The summed E-state index contributed by atoms with van der Waals surface area (Å²) in [6.07, 6.45) is 3.42. The van der Waals surface area contributed by atoms with E-state index in [-0.39, 0.29) is 11.8 Å². The third kappa shape index (κ3) is 17.2. The first kappa shape index (κ1) is 50.7. The van der Waals surface area contributed by atoms with Gasteiger partial charge in [-0.05, 0) is 57.0 Å². The van der Waals surface area contributed by atoms with Gasteiger partial charge in [-0.3, -0.25) is 9.69 Å². The van der Waals surface area contributed by atoms with Crippen LogP contribution in [0.2, 0.25) is 0 Å². The highest BCUT2D eigenvalue weighted by Crippen LogP contribution is 2.24. The number of benzene rings is 4. The van der Waals surface area contributed by atoms with Crippen molar-refractivity contribution in [1.82, 2.24) is 25.5 Å². The summed E-state index contributed by atoms with van der Waals surface area (Å²) in [4.78, 5) is 12.3. The molecular formula is C52H53N5O11. The van der Waals surface area contributed by atoms with Crippen molar-refractivity contribution < 1.29 is 52.0 Å². The second-order valence-corrected chi connectivity index (χ2v) is 14.5. The molecule has 0 radical (unpaired) electrons. The molecule has 3 atom stereocenters. The second-order valence-electron chi connectivity index (χ2n) is 14.5. The number of nitrogens with zero attached hydrogens (tertiary/aromatic N) is 5. The summed E-state index contributed by atoms with van der Waals surface area (Å²) >= 11 is 0. The number of hydrogen-bond donors (Lipinski definition) is 2. The van der Waals surface area contributed by atoms with Gasteiger partial charge in [0.2, 0.25) is 5.76 Å². The average molecular weight is 924 g/mol. The normalized spacial score (nSPS) is 11.7. The smallest absolute Gasteiger partial charge is 0.255 e. The fourth-order valence-corrected chi connectivity index (χ4v) is 5.57. The molecule has 16 heteroatoms. The summed E-state index contributed by atoms with van der Waals surface area (Å²) < 4.78 is 41.5. The van der Waals surface area contributed by atoms with Crippen LogP contribution in [-0.4, -0.2) is 56.1 Å². The molecule has 2 N–H and O–H groups in total. The summed E-state index contributed by atoms with van der Waals surface area (Å²) in [5.74, 6) is 3.05. The van der Waals surface area contributed by atoms with Gasteiger partial charge in [-0.25, -0.2) is 0 Å². The number of rotatable bonds is 20. The van der Waals surface area contributed by atoms with Crippen LogP contribution in [0.5, 0.6) is 23.5 Å². The first-order valence-electron chi connectivity index (χ1n) is 21.1. The van der Waals surface area contributed by atoms with Gasteiger partial charge >= 0.3 is 0 Å². The Hall–Kier alpha value is -8.31. The molecular weight excluding hydrogens is 871 g/mol. The highest BCUT2D eigenvalue weighted by Gasteiger charge is 2.17. The molecule has 0 aliphatic rings. The maximum atomic E-state index is 10.3. The van der Waals surface area contributed by atoms with Gasteiger partial charge in [0.25, 0.3) is 23.5 Å². The molecule has 0 unspecified atom stereocenters. The predicted molar refractivity (Wildman–Crippen MR) is 251 cm³/mol. The number of aliphatic hydroxyl groups is 2. The first-order chi connectivity index (χ1) is 33.2. The van der Waals surface area contributed by atoms with Gasteiger partial charge < -0.3 is 47.3 Å². The molecule has 16 nitrogen and oxygen atoms in total. The van der Waals surface area contributed by atoms with Crippen molar-refractivity contribution >= 4 is 6.29 Å². The standard InChI is InChI=1S/C15H18N2O2.2C13H13NO3.C11H9NO3/c1-4-13(17(2)3)14-10-15(16-19-14)18-11-12-8-6-5-7-9-12;2*1-2-11(15)12-8-13(14-17-12)16-9-10-6-4-3-5-7-10;13-7-10-6-11(12-15-10)14-8-9-4-2-1-3-5-9/h4-10,13H,1,11H2,2-3H3;2*2-8,11,15H,1,9H2;1-7H,8H2/t13-;2*11-;/m011./s1. The zero-order chi connectivity index (χ0) is 48.4. The monoisotopic (exact) mass is 923 g/mol. The molecule has 352 valence electrons. The van der Waals surface area contributed by atoms with Gasteiger partial charge in [0.15, 0.2) is 23.6 Å². The van der Waals surface area contributed by atoms with Crippen molar-refractivity contribution in [3.8, 4) is 23.5 Å². The van der Waals surface area contributed by atoms with Crippen LogP contribution in [0.25, 0.3) is 0 Å². The molecule has 0 amide bonds. The van der Waals surface area contributed by atoms with Crippen LogP contribution in [0.15, 0.2) is 202 Å². The SMILES string of the molecule is C=C[C@@H](O)c1cc(OCc2ccccc2)no1.C=C[C@@H](O)c1cc(OCc2ccccc2)no1.C=C[C@@H](c1cc(OCc2ccccc2)no1)N(C)C.O=Cc1cc(OCc2ccccc2)no1. The molecule has 0 fully saturated rings. The van der Waals surface area contributed by atoms with Gasteiger partial charge in [-0.15, -0.1) is 19.7 Å². The summed E-state index contributed by atoms with van der Waals surface area (Å²) in [7, 11) is 3.92. The van der Waals surface area contributed by atoms with E-state index >= 15 is 0 Å². The van der Waals surface area contributed by atoms with Crippen molar-refractivity contribution in [3.05, 3.63) is 229 Å².